The normalized spacial score (nSPS) is 10.5. The van der Waals surface area contributed by atoms with Crippen LogP contribution in [-0.4, -0.2) is 31.3 Å². The molecule has 0 radical (unpaired) electrons. The zero-order valence-corrected chi connectivity index (χ0v) is 15.0. The molecule has 0 saturated carbocycles. The maximum atomic E-state index is 12.6. The topological polar surface area (TPSA) is 67.4 Å². The third-order valence-corrected chi connectivity index (χ3v) is 4.25. The number of nitrogens with one attached hydrogen (secondary N) is 2. The standard InChI is InChI=1S/C18H18F2N2O3S/c1-11-9-12(17(24)25-2)7-8-13(11)21-10-16(23)22-14-5-3-4-6-15(14)26-18(19)20/h3-9,18,21H,10H2,1-2H3,(H,22,23). The minimum atomic E-state index is -2.57. The van der Waals surface area contributed by atoms with Gasteiger partial charge in [-0.2, -0.15) is 8.78 Å². The molecule has 0 spiro atoms. The first-order valence-electron chi connectivity index (χ1n) is 7.67. The van der Waals surface area contributed by atoms with Crippen molar-refractivity contribution in [1.82, 2.24) is 0 Å². The Hall–Kier alpha value is -2.61. The largest absolute Gasteiger partial charge is 0.465 e. The Balaban J connectivity index is 1.98. The van der Waals surface area contributed by atoms with E-state index in [1.807, 2.05) is 0 Å². The summed E-state index contributed by atoms with van der Waals surface area (Å²) in [7, 11) is 1.30. The van der Waals surface area contributed by atoms with Crippen molar-refractivity contribution in [1.29, 1.82) is 0 Å². The molecule has 5 nitrogen and oxygen atoms in total. The second kappa shape index (κ2) is 9.19. The number of methoxy groups -OCH3 is 1. The van der Waals surface area contributed by atoms with Crippen LogP contribution in [0.1, 0.15) is 15.9 Å². The fraction of sp³-hybridized carbons (Fsp3) is 0.222. The molecule has 2 aromatic carbocycles. The molecule has 0 bridgehead atoms. The van der Waals surface area contributed by atoms with Crippen LogP contribution in [0.3, 0.4) is 0 Å². The van der Waals surface area contributed by atoms with Crippen LogP contribution in [0.2, 0.25) is 0 Å². The molecule has 2 N–H and O–H groups in total. The van der Waals surface area contributed by atoms with Crippen molar-refractivity contribution in [3.05, 3.63) is 53.6 Å². The number of hydrogen-bond acceptors (Lipinski definition) is 5. The zero-order chi connectivity index (χ0) is 19.1. The number of hydrogen-bond donors (Lipinski definition) is 2. The van der Waals surface area contributed by atoms with Crippen molar-refractivity contribution in [2.24, 2.45) is 0 Å². The number of benzene rings is 2. The van der Waals surface area contributed by atoms with Gasteiger partial charge >= 0.3 is 5.97 Å². The Morgan fingerprint density at radius 3 is 2.54 bits per heavy atom. The van der Waals surface area contributed by atoms with Crippen LogP contribution in [0.5, 0.6) is 0 Å². The van der Waals surface area contributed by atoms with E-state index >= 15 is 0 Å². The van der Waals surface area contributed by atoms with Gasteiger partial charge < -0.3 is 15.4 Å². The molecule has 2 aromatic rings. The molecule has 2 rings (SSSR count). The van der Waals surface area contributed by atoms with Gasteiger partial charge in [0.05, 0.1) is 24.9 Å². The van der Waals surface area contributed by atoms with Crippen LogP contribution in [-0.2, 0) is 9.53 Å². The molecule has 0 saturated heterocycles. The van der Waals surface area contributed by atoms with E-state index in [0.717, 1.165) is 5.56 Å². The van der Waals surface area contributed by atoms with Crippen LogP contribution in [0, 0.1) is 6.92 Å². The lowest BCUT2D eigenvalue weighted by Crippen LogP contribution is -2.22. The van der Waals surface area contributed by atoms with Crippen LogP contribution in [0.25, 0.3) is 0 Å². The average molecular weight is 380 g/mol. The van der Waals surface area contributed by atoms with Crippen molar-refractivity contribution in [3.8, 4) is 0 Å². The van der Waals surface area contributed by atoms with Crippen molar-refractivity contribution < 1.29 is 23.1 Å². The third kappa shape index (κ3) is 5.45. The minimum absolute atomic E-state index is 0.0495. The van der Waals surface area contributed by atoms with Gasteiger partial charge in [0.15, 0.2) is 0 Å². The highest BCUT2D eigenvalue weighted by Crippen LogP contribution is 2.31. The Bertz CT molecular complexity index is 800. The summed E-state index contributed by atoms with van der Waals surface area (Å²) in [6.07, 6.45) is 0. The van der Waals surface area contributed by atoms with Crippen LogP contribution in [0.15, 0.2) is 47.4 Å². The van der Waals surface area contributed by atoms with Gasteiger partial charge in [-0.3, -0.25) is 4.79 Å². The van der Waals surface area contributed by atoms with Crippen LogP contribution in [0.4, 0.5) is 20.2 Å². The molecule has 0 unspecified atom stereocenters. The summed E-state index contributed by atoms with van der Waals surface area (Å²) in [6.45, 7) is 1.74. The average Bonchev–Trinajstić information content (AvgIpc) is 2.61. The third-order valence-electron chi connectivity index (χ3n) is 3.46. The fourth-order valence-electron chi connectivity index (χ4n) is 2.25. The molecular formula is C18H18F2N2O3S. The number of aryl methyl sites for hydroxylation is 1. The summed E-state index contributed by atoms with van der Waals surface area (Å²) < 4.78 is 29.8. The van der Waals surface area contributed by atoms with E-state index in [1.165, 1.54) is 13.2 Å². The van der Waals surface area contributed by atoms with E-state index in [9.17, 15) is 18.4 Å². The van der Waals surface area contributed by atoms with Crippen LogP contribution >= 0.6 is 11.8 Å². The number of halogens is 2. The van der Waals surface area contributed by atoms with Gasteiger partial charge in [0.2, 0.25) is 5.91 Å². The highest BCUT2D eigenvalue weighted by molar-refractivity contribution is 7.99. The second-order valence-corrected chi connectivity index (χ2v) is 6.33. The van der Waals surface area contributed by atoms with Gasteiger partial charge in [-0.1, -0.05) is 23.9 Å². The predicted octanol–water partition coefficient (Wildman–Crippen LogP) is 4.15. The monoisotopic (exact) mass is 380 g/mol. The minimum Gasteiger partial charge on any atom is -0.465 e. The SMILES string of the molecule is COC(=O)c1ccc(NCC(=O)Nc2ccccc2SC(F)F)c(C)c1. The Morgan fingerprint density at radius 2 is 1.88 bits per heavy atom. The van der Waals surface area contributed by atoms with E-state index in [1.54, 1.807) is 43.3 Å². The number of alkyl halides is 2. The van der Waals surface area contributed by atoms with E-state index in [0.29, 0.717) is 33.6 Å². The Labute approximate surface area is 154 Å². The maximum absolute atomic E-state index is 12.6. The summed E-state index contributed by atoms with van der Waals surface area (Å²) in [5.41, 5.74) is 2.21. The second-order valence-electron chi connectivity index (χ2n) is 5.30. The quantitative estimate of drug-likeness (QED) is 0.558. The molecule has 0 aliphatic rings. The molecule has 0 aliphatic carbocycles. The van der Waals surface area contributed by atoms with Gasteiger partial charge in [-0.15, -0.1) is 0 Å². The van der Waals surface area contributed by atoms with Crippen molar-refractivity contribution in [3.63, 3.8) is 0 Å². The summed E-state index contributed by atoms with van der Waals surface area (Å²) in [5.74, 6) is -3.38. The number of anilines is 2. The van der Waals surface area contributed by atoms with Gasteiger partial charge in [0.25, 0.3) is 5.76 Å². The lowest BCUT2D eigenvalue weighted by atomic mass is 10.1. The van der Waals surface area contributed by atoms with E-state index < -0.39 is 11.7 Å². The molecule has 1 amide bonds. The molecule has 0 aliphatic heterocycles. The van der Waals surface area contributed by atoms with Crippen LogP contribution < -0.4 is 10.6 Å². The molecule has 0 atom stereocenters. The highest BCUT2D eigenvalue weighted by atomic mass is 32.2. The maximum Gasteiger partial charge on any atom is 0.337 e. The van der Waals surface area contributed by atoms with Crippen molar-refractivity contribution in [2.45, 2.75) is 17.6 Å². The van der Waals surface area contributed by atoms with Gasteiger partial charge in [-0.05, 0) is 42.8 Å². The molecule has 0 aromatic heterocycles. The van der Waals surface area contributed by atoms with Crippen molar-refractivity contribution in [2.75, 3.05) is 24.3 Å². The number of esters is 1. The Morgan fingerprint density at radius 1 is 1.15 bits per heavy atom. The zero-order valence-electron chi connectivity index (χ0n) is 14.2. The first kappa shape index (κ1) is 19.7. The molecule has 26 heavy (non-hydrogen) atoms. The van der Waals surface area contributed by atoms with Gasteiger partial charge in [-0.25, -0.2) is 4.79 Å². The number of amides is 1. The lowest BCUT2D eigenvalue weighted by Gasteiger charge is -2.13. The van der Waals surface area contributed by atoms with E-state index in [4.69, 9.17) is 0 Å². The molecular weight excluding hydrogens is 362 g/mol. The number of thioether (sulfide) groups is 1. The number of carbonyl (C=O) groups excluding carboxylic acids is 2. The Kier molecular flexibility index (Phi) is 6.97. The van der Waals surface area contributed by atoms with Gasteiger partial charge in [0.1, 0.15) is 0 Å². The fourth-order valence-corrected chi connectivity index (χ4v) is 2.84. The first-order valence-corrected chi connectivity index (χ1v) is 8.55. The van der Waals surface area contributed by atoms with Gasteiger partial charge in [0, 0.05) is 10.6 Å². The highest BCUT2D eigenvalue weighted by Gasteiger charge is 2.12. The molecule has 138 valence electrons. The number of carbonyl (C=O) groups is 2. The number of rotatable bonds is 7. The first-order chi connectivity index (χ1) is 12.4. The summed E-state index contributed by atoms with van der Waals surface area (Å²) in [4.78, 5) is 23.9. The molecule has 8 heteroatoms. The lowest BCUT2D eigenvalue weighted by molar-refractivity contribution is -0.114. The van der Waals surface area contributed by atoms with E-state index in [2.05, 4.69) is 15.4 Å². The predicted molar refractivity (Wildman–Crippen MR) is 97.9 cm³/mol. The molecule has 0 heterocycles. The van der Waals surface area contributed by atoms with Crippen molar-refractivity contribution >= 4 is 35.0 Å². The summed E-state index contributed by atoms with van der Waals surface area (Å²) >= 11 is 0.378. The summed E-state index contributed by atoms with van der Waals surface area (Å²) in [5, 5.41) is 5.57. The molecule has 0 fully saturated rings. The van der Waals surface area contributed by atoms with E-state index in [-0.39, 0.29) is 12.5 Å². The number of para-hydroxylation sites is 1. The summed E-state index contributed by atoms with van der Waals surface area (Å²) in [6, 6.07) is 11.3. The number of ether oxygens (including phenoxy) is 1. The smallest absolute Gasteiger partial charge is 0.337 e.